The molecule has 6 aromatic carbocycles. The van der Waals surface area contributed by atoms with E-state index in [0.717, 1.165) is 78.0 Å². The first-order chi connectivity index (χ1) is 30.6. The molecule has 0 aliphatic heterocycles. The smallest absolute Gasteiger partial charge is 0.296 e. The van der Waals surface area contributed by atoms with Crippen LogP contribution in [0.25, 0.3) is 21.5 Å². The van der Waals surface area contributed by atoms with Crippen LogP contribution in [0.3, 0.4) is 0 Å². The van der Waals surface area contributed by atoms with Gasteiger partial charge in [0.1, 0.15) is 22.0 Å². The number of azo groups is 2. The van der Waals surface area contributed by atoms with Crippen LogP contribution in [-0.4, -0.2) is 59.9 Å². The summed E-state index contributed by atoms with van der Waals surface area (Å²) in [4.78, 5) is 18.7. The van der Waals surface area contributed by atoms with Crippen molar-refractivity contribution in [2.75, 3.05) is 52.4 Å². The monoisotopic (exact) mass is 881 g/mol. The molecule has 324 valence electrons. The Kier molecular flexibility index (Phi) is 14.6. The van der Waals surface area contributed by atoms with Gasteiger partial charge in [0.15, 0.2) is 5.16 Å². The van der Waals surface area contributed by atoms with Crippen molar-refractivity contribution in [3.8, 4) is 0 Å². The molecule has 3 N–H and O–H groups in total. The first kappa shape index (κ1) is 44.6. The molecule has 0 aliphatic carbocycles. The van der Waals surface area contributed by atoms with Crippen LogP contribution in [0.5, 0.6) is 0 Å². The third kappa shape index (κ3) is 10.8. The summed E-state index contributed by atoms with van der Waals surface area (Å²) in [6.45, 7) is 13.7. The second kappa shape index (κ2) is 20.6. The van der Waals surface area contributed by atoms with E-state index in [1.165, 1.54) is 17.8 Å². The molecule has 0 fully saturated rings. The van der Waals surface area contributed by atoms with Gasteiger partial charge in [0.05, 0.1) is 17.1 Å². The molecule has 14 nitrogen and oxygen atoms in total. The number of unbranched alkanes of at least 4 members (excludes halogenated alkanes) is 1. The Labute approximate surface area is 372 Å². The Hall–Kier alpha value is -6.49. The molecule has 0 aliphatic rings. The largest absolute Gasteiger partial charge is 0.372 e. The van der Waals surface area contributed by atoms with Crippen molar-refractivity contribution in [2.45, 2.75) is 57.5 Å². The van der Waals surface area contributed by atoms with Crippen LogP contribution in [-0.2, 0) is 10.1 Å². The number of anilines is 6. The fraction of sp³-hybridized carbons (Fsp3) is 0.255. The third-order valence-electron chi connectivity index (χ3n) is 10.5. The summed E-state index contributed by atoms with van der Waals surface area (Å²) in [5.74, 6) is 1.35. The lowest BCUT2D eigenvalue weighted by molar-refractivity contribution is 0.483. The number of nitrogens with zero attached hydrogens (tertiary/aromatic N) is 9. The number of benzene rings is 6. The zero-order valence-corrected chi connectivity index (χ0v) is 37.7. The normalized spacial score (nSPS) is 11.8. The predicted octanol–water partition coefficient (Wildman–Crippen LogP) is 13.3. The van der Waals surface area contributed by atoms with Crippen LogP contribution in [0.1, 0.15) is 47.5 Å². The van der Waals surface area contributed by atoms with Crippen molar-refractivity contribution >= 4 is 101 Å². The lowest BCUT2D eigenvalue weighted by Gasteiger charge is -2.22. The summed E-state index contributed by atoms with van der Waals surface area (Å²) < 4.78 is 35.2. The van der Waals surface area contributed by atoms with Crippen molar-refractivity contribution in [2.24, 2.45) is 20.5 Å². The predicted molar refractivity (Wildman–Crippen MR) is 258 cm³/mol. The highest BCUT2D eigenvalue weighted by molar-refractivity contribution is 7.99. The molecule has 7 rings (SSSR count). The molecule has 1 heterocycles. The van der Waals surface area contributed by atoms with Crippen LogP contribution in [0.2, 0.25) is 0 Å². The van der Waals surface area contributed by atoms with Crippen molar-refractivity contribution in [1.82, 2.24) is 15.0 Å². The Morgan fingerprint density at radius 2 is 1.11 bits per heavy atom. The first-order valence-electron chi connectivity index (χ1n) is 21.1. The number of aromatic nitrogens is 3. The molecule has 0 saturated heterocycles. The molecular weight excluding hydrogens is 831 g/mol. The van der Waals surface area contributed by atoms with Gasteiger partial charge in [0.25, 0.3) is 10.1 Å². The van der Waals surface area contributed by atoms with Crippen molar-refractivity contribution in [1.29, 1.82) is 0 Å². The number of rotatable bonds is 19. The van der Waals surface area contributed by atoms with Crippen LogP contribution in [0.4, 0.5) is 57.4 Å². The maximum Gasteiger partial charge on any atom is 0.296 e. The molecule has 0 unspecified atom stereocenters. The molecule has 63 heavy (non-hydrogen) atoms. The second-order valence-corrected chi connectivity index (χ2v) is 16.9. The average molecular weight is 882 g/mol. The number of thioether (sulfide) groups is 1. The number of nitrogens with one attached hydrogen (secondary N) is 2. The van der Waals surface area contributed by atoms with E-state index in [2.05, 4.69) is 77.4 Å². The fourth-order valence-corrected chi connectivity index (χ4v) is 8.68. The highest BCUT2D eigenvalue weighted by Crippen LogP contribution is 2.39. The summed E-state index contributed by atoms with van der Waals surface area (Å²) in [5.41, 5.74) is 4.87. The summed E-state index contributed by atoms with van der Waals surface area (Å²) in [5, 5.41) is 29.3. The zero-order valence-electron chi connectivity index (χ0n) is 36.0. The topological polar surface area (TPSA) is 173 Å². The lowest BCUT2D eigenvalue weighted by atomic mass is 10.1. The van der Waals surface area contributed by atoms with Gasteiger partial charge in [-0.2, -0.15) is 23.4 Å². The van der Waals surface area contributed by atoms with E-state index in [1.807, 2.05) is 72.8 Å². The summed E-state index contributed by atoms with van der Waals surface area (Å²) in [7, 11) is -4.63. The van der Waals surface area contributed by atoms with Gasteiger partial charge < -0.3 is 20.4 Å². The highest BCUT2D eigenvalue weighted by atomic mass is 32.2. The van der Waals surface area contributed by atoms with Crippen LogP contribution in [0, 0.1) is 0 Å². The quantitative estimate of drug-likeness (QED) is 0.0305. The maximum atomic E-state index is 12.5. The van der Waals surface area contributed by atoms with Gasteiger partial charge in [-0.25, -0.2) is 0 Å². The van der Waals surface area contributed by atoms with Crippen LogP contribution in [0.15, 0.2) is 146 Å². The maximum absolute atomic E-state index is 12.5. The van der Waals surface area contributed by atoms with Gasteiger partial charge in [-0.05, 0) is 93.4 Å². The molecule has 0 bridgehead atoms. The molecule has 7 aromatic rings. The number of hydrogen-bond donors (Lipinski definition) is 3. The van der Waals surface area contributed by atoms with Gasteiger partial charge in [0, 0.05) is 54.1 Å². The summed E-state index contributed by atoms with van der Waals surface area (Å²) >= 11 is 1.53. The average Bonchev–Trinajstić information content (AvgIpc) is 3.29. The van der Waals surface area contributed by atoms with Crippen molar-refractivity contribution < 1.29 is 13.0 Å². The second-order valence-electron chi connectivity index (χ2n) is 14.5. The molecular formula is C47H51N11O3S2. The van der Waals surface area contributed by atoms with Gasteiger partial charge in [-0.1, -0.05) is 91.8 Å². The molecule has 0 radical (unpaired) electrons. The Morgan fingerprint density at radius 1 is 0.587 bits per heavy atom. The van der Waals surface area contributed by atoms with Crippen molar-refractivity contribution in [3.05, 3.63) is 115 Å². The van der Waals surface area contributed by atoms with Crippen LogP contribution >= 0.6 is 11.8 Å². The highest BCUT2D eigenvalue weighted by Gasteiger charge is 2.20. The Morgan fingerprint density at radius 3 is 1.68 bits per heavy atom. The van der Waals surface area contributed by atoms with E-state index >= 15 is 0 Å². The van der Waals surface area contributed by atoms with Gasteiger partial charge in [0.2, 0.25) is 11.9 Å². The molecule has 0 saturated carbocycles. The molecule has 0 atom stereocenters. The molecule has 0 amide bonds. The first-order valence-corrected chi connectivity index (χ1v) is 23.6. The van der Waals surface area contributed by atoms with E-state index in [4.69, 9.17) is 25.2 Å². The van der Waals surface area contributed by atoms with Gasteiger partial charge in [-0.3, -0.25) is 4.55 Å². The molecule has 16 heteroatoms. The SMILES string of the molecule is CCCCSc1nc(Nc2cc(N(CC)CC)ccc2/N=N/c2cccc3ccccc23)nc(Nc2cc(N(CC)CC)ccc2/N=N/c2c(S(=O)(=O)O)ccc3ccccc23)n1. The van der Waals surface area contributed by atoms with E-state index in [1.54, 1.807) is 24.3 Å². The van der Waals surface area contributed by atoms with Crippen LogP contribution < -0.4 is 20.4 Å². The van der Waals surface area contributed by atoms with E-state index in [9.17, 15) is 13.0 Å². The lowest BCUT2D eigenvalue weighted by Crippen LogP contribution is -2.21. The Bertz CT molecular complexity index is 2880. The molecule has 0 spiro atoms. The number of fused-ring (bicyclic) bond motifs is 2. The minimum atomic E-state index is -4.63. The van der Waals surface area contributed by atoms with Gasteiger partial charge in [-0.15, -0.1) is 20.5 Å². The molecule has 1 aromatic heterocycles. The van der Waals surface area contributed by atoms with E-state index in [-0.39, 0.29) is 16.5 Å². The van der Waals surface area contributed by atoms with Gasteiger partial charge >= 0.3 is 0 Å². The van der Waals surface area contributed by atoms with Crippen molar-refractivity contribution in [3.63, 3.8) is 0 Å². The minimum Gasteiger partial charge on any atom is -0.372 e. The van der Waals surface area contributed by atoms with E-state index < -0.39 is 10.1 Å². The number of hydrogen-bond acceptors (Lipinski definition) is 14. The van der Waals surface area contributed by atoms with E-state index in [0.29, 0.717) is 39.2 Å². The fourth-order valence-electron chi connectivity index (χ4n) is 7.13. The third-order valence-corrected chi connectivity index (χ3v) is 12.3. The standard InChI is InChI=1S/C47H51N11O3S2/c1-6-11-29-62-47-51-45(48-41-30-34(57(7-2)8-3)24-26-39(41)54-53-38-22-16-19-32-17-12-14-20-36(32)38)50-46(52-47)49-42-31-35(58(9-4)10-5)25-27-40(42)55-56-44-37-21-15-13-18-33(37)23-28-43(44)63(59,60)61/h12-28,30-31H,6-11,29H2,1-5H3,(H,59,60,61)(H2,48,49,50,51,52)/b54-53+,56-55+. The minimum absolute atomic E-state index is 0.0240. The summed E-state index contributed by atoms with van der Waals surface area (Å²) in [6.07, 6.45) is 1.99. The summed E-state index contributed by atoms with van der Waals surface area (Å²) in [6, 6.07) is 35.9. The zero-order chi connectivity index (χ0) is 44.3. The Balaban J connectivity index is 1.31.